The summed E-state index contributed by atoms with van der Waals surface area (Å²) in [5.41, 5.74) is 14.3. The van der Waals surface area contributed by atoms with Crippen molar-refractivity contribution >= 4 is 0 Å². The van der Waals surface area contributed by atoms with Gasteiger partial charge in [0.1, 0.15) is 0 Å². The van der Waals surface area contributed by atoms with Crippen LogP contribution in [-0.2, 0) is 0 Å². The number of rotatable bonds is 5. The normalized spacial score (nSPS) is 21.5. The molecule has 0 amide bonds. The van der Waals surface area contributed by atoms with Crippen LogP contribution >= 0.6 is 0 Å². The molecular formula is C7H19N3O2. The van der Waals surface area contributed by atoms with Crippen molar-refractivity contribution in [3.63, 3.8) is 0 Å². The Hall–Kier alpha value is -0.200. The molecule has 8 N–H and O–H groups in total. The van der Waals surface area contributed by atoms with E-state index in [4.69, 9.17) is 17.2 Å². The van der Waals surface area contributed by atoms with Crippen LogP contribution in [0, 0.1) is 0 Å². The van der Waals surface area contributed by atoms with Gasteiger partial charge in [-0.25, -0.2) is 0 Å². The molecule has 0 aliphatic carbocycles. The Morgan fingerprint density at radius 2 is 2.00 bits per heavy atom. The van der Waals surface area contributed by atoms with Crippen LogP contribution in [0.25, 0.3) is 0 Å². The van der Waals surface area contributed by atoms with Gasteiger partial charge in [-0.15, -0.1) is 0 Å². The van der Waals surface area contributed by atoms with E-state index < -0.39 is 17.9 Å². The zero-order valence-corrected chi connectivity index (χ0v) is 7.40. The van der Waals surface area contributed by atoms with Crippen LogP contribution in [0.3, 0.4) is 0 Å². The summed E-state index contributed by atoms with van der Waals surface area (Å²) in [6.45, 7) is 1.93. The minimum Gasteiger partial charge on any atom is -0.389 e. The number of hydrogen-bond acceptors (Lipinski definition) is 5. The van der Waals surface area contributed by atoms with E-state index in [1.54, 1.807) is 0 Å². The number of nitrogens with two attached hydrogens (primary N) is 3. The Bertz CT molecular complexity index is 130. The second-order valence-electron chi connectivity index (χ2n) is 3.03. The molecule has 0 rings (SSSR count). The Labute approximate surface area is 72.5 Å². The fourth-order valence-electron chi connectivity index (χ4n) is 0.941. The van der Waals surface area contributed by atoms with Crippen LogP contribution in [0.2, 0.25) is 0 Å². The van der Waals surface area contributed by atoms with E-state index in [9.17, 15) is 10.2 Å². The van der Waals surface area contributed by atoms with E-state index >= 15 is 0 Å². The predicted octanol–water partition coefficient (Wildman–Crippen LogP) is -1.92. The van der Waals surface area contributed by atoms with Gasteiger partial charge in [-0.2, -0.15) is 0 Å². The lowest BCUT2D eigenvalue weighted by Gasteiger charge is -2.33. The van der Waals surface area contributed by atoms with Gasteiger partial charge in [-0.1, -0.05) is 13.3 Å². The molecule has 74 valence electrons. The van der Waals surface area contributed by atoms with Gasteiger partial charge in [0.05, 0.1) is 12.1 Å². The van der Waals surface area contributed by atoms with Crippen molar-refractivity contribution < 1.29 is 10.2 Å². The van der Waals surface area contributed by atoms with Gasteiger partial charge < -0.3 is 27.4 Å². The summed E-state index contributed by atoms with van der Waals surface area (Å²) >= 11 is 0. The highest BCUT2D eigenvalue weighted by Crippen LogP contribution is 2.11. The molecule has 0 saturated carbocycles. The molecule has 12 heavy (non-hydrogen) atoms. The fraction of sp³-hybridized carbons (Fsp3) is 1.00. The van der Waals surface area contributed by atoms with E-state index in [0.29, 0.717) is 6.42 Å². The lowest BCUT2D eigenvalue weighted by Crippen LogP contribution is -2.65. The Balaban J connectivity index is 4.16. The van der Waals surface area contributed by atoms with Crippen molar-refractivity contribution in [2.45, 2.75) is 37.6 Å². The molecule has 3 atom stereocenters. The highest BCUT2D eigenvalue weighted by atomic mass is 16.4. The van der Waals surface area contributed by atoms with Crippen LogP contribution in [0.1, 0.15) is 19.8 Å². The Kier molecular flexibility index (Phi) is 4.66. The van der Waals surface area contributed by atoms with Gasteiger partial charge in [0, 0.05) is 6.54 Å². The third-order valence-electron chi connectivity index (χ3n) is 1.94. The summed E-state index contributed by atoms with van der Waals surface area (Å²) in [5, 5.41) is 18.9. The smallest absolute Gasteiger partial charge is 0.156 e. The lowest BCUT2D eigenvalue weighted by atomic mass is 9.96. The average Bonchev–Trinajstić information content (AvgIpc) is 2.03. The molecule has 0 aromatic heterocycles. The molecule has 0 aromatic rings. The zero-order chi connectivity index (χ0) is 9.78. The van der Waals surface area contributed by atoms with Crippen molar-refractivity contribution in [1.29, 1.82) is 0 Å². The largest absolute Gasteiger partial charge is 0.389 e. The van der Waals surface area contributed by atoms with E-state index in [1.807, 2.05) is 6.92 Å². The van der Waals surface area contributed by atoms with Crippen LogP contribution in [0.5, 0.6) is 0 Å². The van der Waals surface area contributed by atoms with Gasteiger partial charge >= 0.3 is 0 Å². The highest BCUT2D eigenvalue weighted by molar-refractivity contribution is 4.90. The molecule has 0 fully saturated rings. The zero-order valence-electron chi connectivity index (χ0n) is 7.40. The molecule has 5 heteroatoms. The summed E-state index contributed by atoms with van der Waals surface area (Å²) in [4.78, 5) is 0. The summed E-state index contributed by atoms with van der Waals surface area (Å²) in [7, 11) is 0. The molecule has 5 nitrogen and oxygen atoms in total. The minimum atomic E-state index is -1.77. The fourth-order valence-corrected chi connectivity index (χ4v) is 0.941. The monoisotopic (exact) mass is 177 g/mol. The third-order valence-corrected chi connectivity index (χ3v) is 1.94. The molecule has 0 spiro atoms. The maximum Gasteiger partial charge on any atom is 0.156 e. The van der Waals surface area contributed by atoms with E-state index in [2.05, 4.69) is 0 Å². The first kappa shape index (κ1) is 11.8. The quantitative estimate of drug-likeness (QED) is 0.314. The second kappa shape index (κ2) is 4.74. The van der Waals surface area contributed by atoms with Crippen molar-refractivity contribution in [3.8, 4) is 0 Å². The van der Waals surface area contributed by atoms with Gasteiger partial charge in [0.15, 0.2) is 5.72 Å². The summed E-state index contributed by atoms with van der Waals surface area (Å²) in [6.07, 6.45) is 0.139. The topological polar surface area (TPSA) is 119 Å². The third kappa shape index (κ3) is 2.69. The standard InChI is InChI=1S/C7H19N3O2/c1-2-3-6(11)7(10,12)5(9)4-8/h5-6,11-12H,2-4,8-10H2,1H3. The van der Waals surface area contributed by atoms with E-state index in [0.717, 1.165) is 6.42 Å². The second-order valence-corrected chi connectivity index (χ2v) is 3.03. The maximum atomic E-state index is 9.51. The molecule has 0 aliphatic heterocycles. The number of hydrogen-bond donors (Lipinski definition) is 5. The van der Waals surface area contributed by atoms with Crippen LogP contribution < -0.4 is 17.2 Å². The van der Waals surface area contributed by atoms with Crippen LogP contribution in [0.15, 0.2) is 0 Å². The summed E-state index contributed by atoms with van der Waals surface area (Å²) in [5.74, 6) is 0. The van der Waals surface area contributed by atoms with E-state index in [-0.39, 0.29) is 6.54 Å². The van der Waals surface area contributed by atoms with Crippen molar-refractivity contribution in [2.75, 3.05) is 6.54 Å². The van der Waals surface area contributed by atoms with Gasteiger partial charge in [-0.05, 0) is 6.42 Å². The lowest BCUT2D eigenvalue weighted by molar-refractivity contribution is -0.0884. The molecule has 0 saturated heterocycles. The first-order valence-corrected chi connectivity index (χ1v) is 4.11. The summed E-state index contributed by atoms with van der Waals surface area (Å²) < 4.78 is 0. The number of aliphatic hydroxyl groups excluding tert-OH is 1. The SMILES string of the molecule is CCCC(O)C(N)(O)C(N)CN. The highest BCUT2D eigenvalue weighted by Gasteiger charge is 2.36. The summed E-state index contributed by atoms with van der Waals surface area (Å²) in [6, 6.07) is -0.793. The molecule has 0 bridgehead atoms. The maximum absolute atomic E-state index is 9.51. The Morgan fingerprint density at radius 3 is 2.33 bits per heavy atom. The van der Waals surface area contributed by atoms with Crippen molar-refractivity contribution in [3.05, 3.63) is 0 Å². The molecule has 0 aromatic carbocycles. The first-order valence-electron chi connectivity index (χ1n) is 4.11. The molecule has 3 unspecified atom stereocenters. The van der Waals surface area contributed by atoms with Crippen LogP contribution in [-0.4, -0.2) is 34.6 Å². The number of aliphatic hydroxyl groups is 2. The van der Waals surface area contributed by atoms with Crippen molar-refractivity contribution in [1.82, 2.24) is 0 Å². The van der Waals surface area contributed by atoms with Gasteiger partial charge in [-0.3, -0.25) is 0 Å². The Morgan fingerprint density at radius 1 is 1.50 bits per heavy atom. The molecular weight excluding hydrogens is 158 g/mol. The average molecular weight is 177 g/mol. The van der Waals surface area contributed by atoms with Gasteiger partial charge in [0.25, 0.3) is 0 Å². The van der Waals surface area contributed by atoms with Crippen molar-refractivity contribution in [2.24, 2.45) is 17.2 Å². The predicted molar refractivity (Wildman–Crippen MR) is 47.1 cm³/mol. The first-order chi connectivity index (χ1) is 5.46. The molecule has 0 heterocycles. The van der Waals surface area contributed by atoms with E-state index in [1.165, 1.54) is 0 Å². The molecule has 0 radical (unpaired) electrons. The van der Waals surface area contributed by atoms with Crippen LogP contribution in [0.4, 0.5) is 0 Å². The minimum absolute atomic E-state index is 0.0494. The molecule has 0 aliphatic rings. The van der Waals surface area contributed by atoms with Gasteiger partial charge in [0.2, 0.25) is 0 Å².